The van der Waals surface area contributed by atoms with Crippen LogP contribution in [0.15, 0.2) is 18.2 Å². The van der Waals surface area contributed by atoms with Gasteiger partial charge in [0.1, 0.15) is 5.69 Å². The van der Waals surface area contributed by atoms with Gasteiger partial charge in [-0.2, -0.15) is 4.39 Å². The maximum atomic E-state index is 13.5. The first-order valence-corrected chi connectivity index (χ1v) is 5.92. The van der Waals surface area contributed by atoms with Crippen molar-refractivity contribution >= 4 is 11.4 Å². The van der Waals surface area contributed by atoms with Crippen molar-refractivity contribution < 1.29 is 14.4 Å². The molecule has 1 aromatic carbocycles. The van der Waals surface area contributed by atoms with E-state index in [1.165, 1.54) is 6.07 Å². The number of aliphatic hydroxyl groups excluding tert-OH is 1. The molecule has 0 amide bonds. The Balaban J connectivity index is 2.32. The van der Waals surface area contributed by atoms with E-state index < -0.39 is 16.4 Å². The molecule has 5 nitrogen and oxygen atoms in total. The molecular weight excluding hydrogens is 239 g/mol. The van der Waals surface area contributed by atoms with Crippen LogP contribution in [0.1, 0.15) is 12.8 Å². The molecule has 0 radical (unpaired) electrons. The number of hydrogen-bond donors (Lipinski definition) is 1. The normalized spacial score (nSPS) is 19.9. The summed E-state index contributed by atoms with van der Waals surface area (Å²) in [7, 11) is 0. The molecule has 0 aromatic heterocycles. The third kappa shape index (κ3) is 2.43. The lowest BCUT2D eigenvalue weighted by atomic mass is 9.98. The summed E-state index contributed by atoms with van der Waals surface area (Å²) in [6.07, 6.45) is 1.75. The molecule has 0 spiro atoms. The molecule has 1 heterocycles. The summed E-state index contributed by atoms with van der Waals surface area (Å²) in [4.78, 5) is 12.0. The van der Waals surface area contributed by atoms with Gasteiger partial charge in [0.2, 0.25) is 5.82 Å². The average Bonchev–Trinajstić information content (AvgIpc) is 2.38. The molecule has 1 aliphatic rings. The zero-order valence-corrected chi connectivity index (χ0v) is 9.88. The van der Waals surface area contributed by atoms with Gasteiger partial charge in [-0.1, -0.05) is 6.07 Å². The molecular formula is C12H15FN2O3. The van der Waals surface area contributed by atoms with Gasteiger partial charge in [0, 0.05) is 19.7 Å². The second-order valence-electron chi connectivity index (χ2n) is 4.50. The Hall–Kier alpha value is -1.69. The van der Waals surface area contributed by atoms with Crippen LogP contribution in [0.3, 0.4) is 0 Å². The number of benzene rings is 1. The van der Waals surface area contributed by atoms with Crippen molar-refractivity contribution in [1.82, 2.24) is 0 Å². The van der Waals surface area contributed by atoms with Crippen molar-refractivity contribution in [2.75, 3.05) is 24.6 Å². The van der Waals surface area contributed by atoms with E-state index in [1.54, 1.807) is 11.0 Å². The number of anilines is 1. The molecule has 0 bridgehead atoms. The number of nitro groups is 1. The highest BCUT2D eigenvalue weighted by Gasteiger charge is 2.27. The minimum atomic E-state index is -0.816. The van der Waals surface area contributed by atoms with E-state index in [0.29, 0.717) is 18.8 Å². The Kier molecular flexibility index (Phi) is 3.76. The van der Waals surface area contributed by atoms with Gasteiger partial charge in [0.15, 0.2) is 0 Å². The molecule has 1 fully saturated rings. The molecule has 6 heteroatoms. The van der Waals surface area contributed by atoms with E-state index in [9.17, 15) is 14.5 Å². The second kappa shape index (κ2) is 5.30. The minimum absolute atomic E-state index is 0.0552. The lowest BCUT2D eigenvalue weighted by Crippen LogP contribution is -2.37. The molecule has 1 N–H and O–H groups in total. The Morgan fingerprint density at radius 3 is 3.00 bits per heavy atom. The Morgan fingerprint density at radius 2 is 2.33 bits per heavy atom. The molecule has 18 heavy (non-hydrogen) atoms. The van der Waals surface area contributed by atoms with Gasteiger partial charge >= 0.3 is 5.69 Å². The third-order valence-electron chi connectivity index (χ3n) is 3.27. The highest BCUT2D eigenvalue weighted by atomic mass is 19.1. The highest BCUT2D eigenvalue weighted by Crippen LogP contribution is 2.33. The first kappa shape index (κ1) is 12.8. The highest BCUT2D eigenvalue weighted by molar-refractivity contribution is 5.64. The lowest BCUT2D eigenvalue weighted by molar-refractivity contribution is -0.386. The minimum Gasteiger partial charge on any atom is -0.396 e. The Bertz CT molecular complexity index is 453. The summed E-state index contributed by atoms with van der Waals surface area (Å²) in [6, 6.07) is 4.12. The van der Waals surface area contributed by atoms with Crippen LogP contribution < -0.4 is 4.90 Å². The van der Waals surface area contributed by atoms with Crippen molar-refractivity contribution in [2.24, 2.45) is 5.92 Å². The van der Waals surface area contributed by atoms with Gasteiger partial charge in [-0.05, 0) is 30.9 Å². The van der Waals surface area contributed by atoms with Crippen molar-refractivity contribution in [3.05, 3.63) is 34.1 Å². The average molecular weight is 254 g/mol. The predicted molar refractivity (Wildman–Crippen MR) is 65.1 cm³/mol. The zero-order valence-electron chi connectivity index (χ0n) is 9.88. The number of nitrogens with zero attached hydrogens (tertiary/aromatic N) is 2. The molecule has 0 unspecified atom stereocenters. The number of aliphatic hydroxyl groups is 1. The third-order valence-corrected chi connectivity index (χ3v) is 3.27. The van der Waals surface area contributed by atoms with Crippen molar-refractivity contribution in [3.8, 4) is 0 Å². The molecule has 1 atom stereocenters. The molecule has 0 aliphatic carbocycles. The molecule has 1 saturated heterocycles. The molecule has 98 valence electrons. The smallest absolute Gasteiger partial charge is 0.327 e. The number of halogens is 1. The zero-order chi connectivity index (χ0) is 13.1. The van der Waals surface area contributed by atoms with E-state index in [1.807, 2.05) is 0 Å². The number of rotatable bonds is 3. The van der Waals surface area contributed by atoms with Crippen molar-refractivity contribution in [2.45, 2.75) is 12.8 Å². The predicted octanol–water partition coefficient (Wildman–Crippen LogP) is 1.94. The summed E-state index contributed by atoms with van der Waals surface area (Å²) < 4.78 is 13.5. The van der Waals surface area contributed by atoms with Gasteiger partial charge in [0.05, 0.1) is 4.92 Å². The van der Waals surface area contributed by atoms with Crippen LogP contribution in [0, 0.1) is 21.8 Å². The van der Waals surface area contributed by atoms with Crippen LogP contribution >= 0.6 is 0 Å². The van der Waals surface area contributed by atoms with Gasteiger partial charge < -0.3 is 10.0 Å². The van der Waals surface area contributed by atoms with Gasteiger partial charge in [-0.25, -0.2) is 0 Å². The van der Waals surface area contributed by atoms with Crippen molar-refractivity contribution in [3.63, 3.8) is 0 Å². The summed E-state index contributed by atoms with van der Waals surface area (Å²) >= 11 is 0. The Labute approximate surface area is 104 Å². The fourth-order valence-corrected chi connectivity index (χ4v) is 2.37. The fourth-order valence-electron chi connectivity index (χ4n) is 2.37. The standard InChI is InChI=1S/C12H15FN2O3/c13-10-4-1-5-11(12(10)15(17)18)14-6-2-3-9(7-14)8-16/h1,4-5,9,16H,2-3,6-8H2/t9-/m0/s1. The fraction of sp³-hybridized carbons (Fsp3) is 0.500. The van der Waals surface area contributed by atoms with E-state index >= 15 is 0 Å². The number of piperidine rings is 1. The van der Waals surface area contributed by atoms with Crippen LogP contribution in [-0.2, 0) is 0 Å². The lowest BCUT2D eigenvalue weighted by Gasteiger charge is -2.33. The first-order chi connectivity index (χ1) is 8.63. The van der Waals surface area contributed by atoms with Crippen LogP contribution in [0.25, 0.3) is 0 Å². The molecule has 1 aliphatic heterocycles. The second-order valence-corrected chi connectivity index (χ2v) is 4.50. The molecule has 0 saturated carbocycles. The monoisotopic (exact) mass is 254 g/mol. The Morgan fingerprint density at radius 1 is 1.56 bits per heavy atom. The van der Waals surface area contributed by atoms with Crippen LogP contribution in [0.4, 0.5) is 15.8 Å². The van der Waals surface area contributed by atoms with E-state index in [2.05, 4.69) is 0 Å². The van der Waals surface area contributed by atoms with Gasteiger partial charge in [0.25, 0.3) is 0 Å². The SMILES string of the molecule is O=[N+]([O-])c1c(F)cccc1N1CCC[C@H](CO)C1. The summed E-state index contributed by atoms with van der Waals surface area (Å²) in [5.74, 6) is -0.717. The molecule has 1 aromatic rings. The van der Waals surface area contributed by atoms with Crippen LogP contribution in [0.5, 0.6) is 0 Å². The van der Waals surface area contributed by atoms with E-state index in [4.69, 9.17) is 5.11 Å². The largest absolute Gasteiger partial charge is 0.396 e. The van der Waals surface area contributed by atoms with E-state index in [0.717, 1.165) is 18.9 Å². The number of para-hydroxylation sites is 1. The van der Waals surface area contributed by atoms with Crippen LogP contribution in [-0.4, -0.2) is 29.7 Å². The van der Waals surface area contributed by atoms with Crippen LogP contribution in [0.2, 0.25) is 0 Å². The first-order valence-electron chi connectivity index (χ1n) is 5.92. The summed E-state index contributed by atoms with van der Waals surface area (Å²) in [5, 5.41) is 20.1. The van der Waals surface area contributed by atoms with Crippen molar-refractivity contribution in [1.29, 1.82) is 0 Å². The topological polar surface area (TPSA) is 66.6 Å². The summed E-state index contributed by atoms with van der Waals surface area (Å²) in [5.41, 5.74) is -0.172. The maximum absolute atomic E-state index is 13.5. The van der Waals surface area contributed by atoms with Gasteiger partial charge in [-0.3, -0.25) is 10.1 Å². The maximum Gasteiger partial charge on any atom is 0.327 e. The molecule has 2 rings (SSSR count). The quantitative estimate of drug-likeness (QED) is 0.661. The summed E-state index contributed by atoms with van der Waals surface area (Å²) in [6.45, 7) is 1.24. The number of nitro benzene ring substituents is 1. The van der Waals surface area contributed by atoms with Gasteiger partial charge in [-0.15, -0.1) is 0 Å². The van der Waals surface area contributed by atoms with E-state index in [-0.39, 0.29) is 12.5 Å². The number of hydrogen-bond acceptors (Lipinski definition) is 4.